The van der Waals surface area contributed by atoms with E-state index in [9.17, 15) is 9.90 Å². The van der Waals surface area contributed by atoms with E-state index < -0.39 is 5.60 Å². The number of carbonyl (C=O) groups is 1. The molecule has 1 aliphatic rings. The Bertz CT molecular complexity index is 1060. The van der Waals surface area contributed by atoms with Crippen LogP contribution < -0.4 is 10.1 Å². The van der Waals surface area contributed by atoms with Crippen molar-refractivity contribution in [1.82, 2.24) is 14.8 Å². The van der Waals surface area contributed by atoms with Crippen molar-refractivity contribution >= 4 is 22.5 Å². The number of aliphatic hydroxyl groups is 1. The van der Waals surface area contributed by atoms with Crippen LogP contribution in [0.15, 0.2) is 36.5 Å². The average Bonchev–Trinajstić information content (AvgIpc) is 3.00. The molecule has 1 amide bonds. The van der Waals surface area contributed by atoms with Gasteiger partial charge >= 0.3 is 0 Å². The summed E-state index contributed by atoms with van der Waals surface area (Å²) in [4.78, 5) is 16.9. The Kier molecular flexibility index (Phi) is 4.78. The monoisotopic (exact) mass is 394 g/mol. The largest absolute Gasteiger partial charge is 0.494 e. The second kappa shape index (κ2) is 7.15. The van der Waals surface area contributed by atoms with Crippen molar-refractivity contribution in [1.29, 1.82) is 0 Å². The molecule has 0 radical (unpaired) electrons. The number of ether oxygens (including phenoxy) is 1. The molecule has 7 heteroatoms. The molecule has 0 spiro atoms. The number of nitrogens with zero attached hydrogens (tertiary/aromatic N) is 3. The summed E-state index contributed by atoms with van der Waals surface area (Å²) in [6.07, 6.45) is 3.79. The summed E-state index contributed by atoms with van der Waals surface area (Å²) in [7, 11) is 1.57. The van der Waals surface area contributed by atoms with E-state index in [-0.39, 0.29) is 17.9 Å². The van der Waals surface area contributed by atoms with Gasteiger partial charge in [-0.05, 0) is 57.7 Å². The molecule has 152 valence electrons. The molecular formula is C22H26N4O3. The number of amides is 1. The third-order valence-electron chi connectivity index (χ3n) is 5.70. The number of carbonyl (C=O) groups excluding carboxylic acids is 1. The van der Waals surface area contributed by atoms with E-state index in [1.54, 1.807) is 19.2 Å². The second-order valence-corrected chi connectivity index (χ2v) is 8.31. The fraction of sp³-hybridized carbons (Fsp3) is 0.409. The number of benzene rings is 1. The van der Waals surface area contributed by atoms with Crippen LogP contribution >= 0.6 is 0 Å². The van der Waals surface area contributed by atoms with Crippen LogP contribution in [0.5, 0.6) is 5.75 Å². The zero-order chi connectivity index (χ0) is 20.8. The lowest BCUT2D eigenvalue weighted by molar-refractivity contribution is -0.0412. The van der Waals surface area contributed by atoms with Crippen LogP contribution in [0.25, 0.3) is 10.9 Å². The van der Waals surface area contributed by atoms with Gasteiger partial charge in [-0.15, -0.1) is 0 Å². The third-order valence-corrected chi connectivity index (χ3v) is 5.70. The molecule has 1 aromatic carbocycles. The summed E-state index contributed by atoms with van der Waals surface area (Å²) in [5, 5.41) is 18.6. The standard InChI is InChI=1S/C22H26N4O3/c1-13-6-5-7-17(23-13)21(27)24-19-8-14-12-26(25-18(14)11-20(19)29-4)16-9-15(10-16)22(2,3)28/h5-8,11-12,15-16,28H,9-10H2,1-4H3,(H,24,27)/t15-,16-. The summed E-state index contributed by atoms with van der Waals surface area (Å²) >= 11 is 0. The predicted molar refractivity (Wildman–Crippen MR) is 111 cm³/mol. The van der Waals surface area contributed by atoms with E-state index in [1.807, 2.05) is 49.8 Å². The molecule has 0 bridgehead atoms. The molecular weight excluding hydrogens is 368 g/mol. The van der Waals surface area contributed by atoms with Crippen LogP contribution in [-0.2, 0) is 0 Å². The first-order valence-corrected chi connectivity index (χ1v) is 9.79. The third kappa shape index (κ3) is 3.82. The van der Waals surface area contributed by atoms with Gasteiger partial charge in [0, 0.05) is 23.3 Å². The zero-order valence-electron chi connectivity index (χ0n) is 17.1. The van der Waals surface area contributed by atoms with Crippen molar-refractivity contribution in [2.45, 2.75) is 45.3 Å². The highest BCUT2D eigenvalue weighted by Crippen LogP contribution is 2.44. The lowest BCUT2D eigenvalue weighted by Crippen LogP contribution is -2.41. The predicted octanol–water partition coefficient (Wildman–Crippen LogP) is 3.72. The van der Waals surface area contributed by atoms with Gasteiger partial charge in [0.15, 0.2) is 0 Å². The van der Waals surface area contributed by atoms with Crippen LogP contribution in [0.2, 0.25) is 0 Å². The van der Waals surface area contributed by atoms with Crippen LogP contribution in [-0.4, -0.2) is 38.5 Å². The minimum atomic E-state index is -0.659. The number of hydrogen-bond acceptors (Lipinski definition) is 5. The van der Waals surface area contributed by atoms with Crippen molar-refractivity contribution in [2.24, 2.45) is 5.92 Å². The van der Waals surface area contributed by atoms with Crippen LogP contribution in [0, 0.1) is 12.8 Å². The number of aromatic nitrogens is 3. The number of anilines is 1. The van der Waals surface area contributed by atoms with Gasteiger partial charge in [-0.1, -0.05) is 6.07 Å². The highest BCUT2D eigenvalue weighted by atomic mass is 16.5. The lowest BCUT2D eigenvalue weighted by Gasteiger charge is -2.42. The molecule has 2 heterocycles. The Morgan fingerprint density at radius 2 is 2.07 bits per heavy atom. The number of nitrogens with one attached hydrogen (secondary N) is 1. The maximum absolute atomic E-state index is 12.6. The Morgan fingerprint density at radius 1 is 1.31 bits per heavy atom. The molecule has 0 aliphatic heterocycles. The van der Waals surface area contributed by atoms with Gasteiger partial charge in [0.1, 0.15) is 11.4 Å². The van der Waals surface area contributed by atoms with Gasteiger partial charge in [-0.25, -0.2) is 4.98 Å². The SMILES string of the molecule is COc1cc2nn([C@H]3C[C@H](C(C)(C)O)C3)cc2cc1NC(=O)c1cccc(C)n1. The zero-order valence-corrected chi connectivity index (χ0v) is 17.1. The maximum atomic E-state index is 12.6. The maximum Gasteiger partial charge on any atom is 0.274 e. The Labute approximate surface area is 169 Å². The van der Waals surface area contributed by atoms with Gasteiger partial charge in [-0.3, -0.25) is 9.48 Å². The summed E-state index contributed by atoms with van der Waals surface area (Å²) in [5.74, 6) is 0.545. The molecule has 0 unspecified atom stereocenters. The van der Waals surface area contributed by atoms with Gasteiger partial charge in [0.25, 0.3) is 5.91 Å². The second-order valence-electron chi connectivity index (χ2n) is 8.31. The van der Waals surface area contributed by atoms with Gasteiger partial charge in [0.2, 0.25) is 0 Å². The van der Waals surface area contributed by atoms with Crippen molar-refractivity contribution in [2.75, 3.05) is 12.4 Å². The number of pyridine rings is 1. The molecule has 4 rings (SSSR count). The number of fused-ring (bicyclic) bond motifs is 1. The molecule has 1 fully saturated rings. The van der Waals surface area contributed by atoms with Gasteiger partial charge in [0.05, 0.1) is 30.0 Å². The molecule has 0 saturated heterocycles. The molecule has 7 nitrogen and oxygen atoms in total. The molecule has 1 saturated carbocycles. The number of rotatable bonds is 5. The molecule has 3 aromatic rings. The van der Waals surface area contributed by atoms with Gasteiger partial charge in [-0.2, -0.15) is 5.10 Å². The smallest absolute Gasteiger partial charge is 0.274 e. The number of aryl methyl sites for hydroxylation is 1. The highest BCUT2D eigenvalue weighted by molar-refractivity contribution is 6.05. The van der Waals surface area contributed by atoms with Crippen LogP contribution in [0.3, 0.4) is 0 Å². The van der Waals surface area contributed by atoms with E-state index in [1.165, 1.54) is 0 Å². The molecule has 2 aromatic heterocycles. The van der Waals surface area contributed by atoms with Gasteiger partial charge < -0.3 is 15.2 Å². The number of methoxy groups -OCH3 is 1. The van der Waals surface area contributed by atoms with E-state index in [2.05, 4.69) is 15.4 Å². The van der Waals surface area contributed by atoms with Crippen molar-refractivity contribution < 1.29 is 14.6 Å². The van der Waals surface area contributed by atoms with Crippen LogP contribution in [0.4, 0.5) is 5.69 Å². The summed E-state index contributed by atoms with van der Waals surface area (Å²) in [6.45, 7) is 5.56. The van der Waals surface area contributed by atoms with Crippen molar-refractivity contribution in [3.8, 4) is 5.75 Å². The first-order valence-electron chi connectivity index (χ1n) is 9.79. The topological polar surface area (TPSA) is 89.3 Å². The minimum Gasteiger partial charge on any atom is -0.494 e. The van der Waals surface area contributed by atoms with E-state index in [4.69, 9.17) is 4.74 Å². The molecule has 1 aliphatic carbocycles. The summed E-state index contributed by atoms with van der Waals surface area (Å²) < 4.78 is 7.43. The number of hydrogen-bond donors (Lipinski definition) is 2. The van der Waals surface area contributed by atoms with E-state index in [0.717, 1.165) is 29.4 Å². The Balaban J connectivity index is 1.58. The molecule has 29 heavy (non-hydrogen) atoms. The first kappa shape index (κ1) is 19.4. The van der Waals surface area contributed by atoms with Crippen molar-refractivity contribution in [3.05, 3.63) is 47.9 Å². The van der Waals surface area contributed by atoms with Crippen molar-refractivity contribution in [3.63, 3.8) is 0 Å². The Morgan fingerprint density at radius 3 is 2.72 bits per heavy atom. The normalized spacial score (nSPS) is 19.1. The first-order chi connectivity index (χ1) is 13.7. The highest BCUT2D eigenvalue weighted by Gasteiger charge is 2.40. The summed E-state index contributed by atoms with van der Waals surface area (Å²) in [5.41, 5.74) is 1.87. The van der Waals surface area contributed by atoms with E-state index >= 15 is 0 Å². The molecule has 2 N–H and O–H groups in total. The van der Waals surface area contributed by atoms with E-state index in [0.29, 0.717) is 17.1 Å². The molecule has 0 atom stereocenters. The quantitative estimate of drug-likeness (QED) is 0.688. The average molecular weight is 394 g/mol. The summed E-state index contributed by atoms with van der Waals surface area (Å²) in [6, 6.07) is 9.32. The van der Waals surface area contributed by atoms with Crippen LogP contribution in [0.1, 0.15) is 48.9 Å². The fourth-order valence-electron chi connectivity index (χ4n) is 3.76. The fourth-order valence-corrected chi connectivity index (χ4v) is 3.76. The minimum absolute atomic E-state index is 0.277. The lowest BCUT2D eigenvalue weighted by atomic mass is 9.71. The Hall–Kier alpha value is -2.93.